The third kappa shape index (κ3) is 4.31. The fourth-order valence-corrected chi connectivity index (χ4v) is 3.99. The summed E-state index contributed by atoms with van der Waals surface area (Å²) < 4.78 is 2.97. The molecule has 5 aromatic rings. The molecule has 0 fully saturated rings. The normalized spacial score (nSPS) is 11.3. The number of nitrogens with zero attached hydrogens (tertiary/aromatic N) is 8. The number of tetrazole rings is 1. The number of para-hydroxylation sites is 1. The number of aromatic nitrogens is 8. The number of pyridine rings is 1. The summed E-state index contributed by atoms with van der Waals surface area (Å²) in [5.41, 5.74) is 3.95. The van der Waals surface area contributed by atoms with Gasteiger partial charge in [-0.05, 0) is 53.4 Å². The van der Waals surface area contributed by atoms with Crippen LogP contribution in [0, 0.1) is 6.92 Å². The molecule has 13 heteroatoms. The predicted octanol–water partition coefficient (Wildman–Crippen LogP) is 1.66. The highest BCUT2D eigenvalue weighted by Gasteiger charge is 2.17. The van der Waals surface area contributed by atoms with Crippen molar-refractivity contribution in [1.82, 2.24) is 39.6 Å². The minimum Gasteiger partial charge on any atom is -0.291 e. The molecule has 4 aromatic heterocycles. The summed E-state index contributed by atoms with van der Waals surface area (Å²) in [6.45, 7) is 1.69. The van der Waals surface area contributed by atoms with Gasteiger partial charge in [-0.15, -0.1) is 5.10 Å². The van der Waals surface area contributed by atoms with E-state index < -0.39 is 0 Å². The van der Waals surface area contributed by atoms with Gasteiger partial charge in [-0.3, -0.25) is 19.0 Å². The van der Waals surface area contributed by atoms with Gasteiger partial charge in [0.25, 0.3) is 11.1 Å². The number of H-pyrrole nitrogens is 1. The number of hydrazone groups is 1. The molecule has 0 spiro atoms. The largest absolute Gasteiger partial charge is 0.291 e. The van der Waals surface area contributed by atoms with Gasteiger partial charge in [0.1, 0.15) is 10.7 Å². The fraction of sp³-hybridized carbons (Fsp3) is 0.0476. The standard InChI is InChI=1S/C21H16N10O2S/c1-13-11-17(32)25-20(23-13)26-22-12-15-18(24-16-9-5-6-10-30(16)19(15)33)34-21-27-28-29-31(21)14-7-3-2-4-8-14/h2-12H,1H3,(H2,23,25,26,32)/b22-12+. The number of nitrogens with one attached hydrogen (secondary N) is 2. The number of fused-ring (bicyclic) bond motifs is 1. The summed E-state index contributed by atoms with van der Waals surface area (Å²) in [6.07, 6.45) is 2.95. The van der Waals surface area contributed by atoms with Gasteiger partial charge in [0, 0.05) is 18.0 Å². The number of benzene rings is 1. The van der Waals surface area contributed by atoms with Gasteiger partial charge in [-0.1, -0.05) is 24.3 Å². The molecule has 0 radical (unpaired) electrons. The summed E-state index contributed by atoms with van der Waals surface area (Å²) in [5.74, 6) is 0.150. The molecule has 0 aliphatic rings. The molecular formula is C21H16N10O2S. The van der Waals surface area contributed by atoms with Crippen molar-refractivity contribution in [3.05, 3.63) is 92.8 Å². The summed E-state index contributed by atoms with van der Waals surface area (Å²) >= 11 is 1.13. The second kappa shape index (κ2) is 9.07. The topological polar surface area (TPSA) is 148 Å². The summed E-state index contributed by atoms with van der Waals surface area (Å²) in [6, 6.07) is 16.0. The van der Waals surface area contributed by atoms with Crippen LogP contribution in [0.5, 0.6) is 0 Å². The molecule has 0 saturated heterocycles. The minimum atomic E-state index is -0.330. The van der Waals surface area contributed by atoms with Crippen LogP contribution < -0.4 is 16.5 Å². The van der Waals surface area contributed by atoms with Crippen LogP contribution in [0.25, 0.3) is 11.3 Å². The van der Waals surface area contributed by atoms with Crippen LogP contribution in [0.3, 0.4) is 0 Å². The van der Waals surface area contributed by atoms with Gasteiger partial charge >= 0.3 is 0 Å². The first kappa shape index (κ1) is 21.2. The van der Waals surface area contributed by atoms with Gasteiger partial charge in [0.05, 0.1) is 17.5 Å². The molecule has 0 bridgehead atoms. The summed E-state index contributed by atoms with van der Waals surface area (Å²) in [5, 5.41) is 16.8. The van der Waals surface area contributed by atoms with Gasteiger partial charge in [0.15, 0.2) is 0 Å². The summed E-state index contributed by atoms with van der Waals surface area (Å²) in [7, 11) is 0. The number of hydrogen-bond acceptors (Lipinski definition) is 10. The van der Waals surface area contributed by atoms with E-state index in [1.165, 1.54) is 16.7 Å². The smallest absolute Gasteiger partial charge is 0.267 e. The van der Waals surface area contributed by atoms with E-state index in [0.29, 0.717) is 21.5 Å². The van der Waals surface area contributed by atoms with Crippen molar-refractivity contribution in [2.75, 3.05) is 5.43 Å². The van der Waals surface area contributed by atoms with E-state index in [0.717, 1.165) is 17.4 Å². The van der Waals surface area contributed by atoms with E-state index in [-0.39, 0.29) is 22.6 Å². The monoisotopic (exact) mass is 472 g/mol. The molecule has 0 aliphatic heterocycles. The third-order valence-corrected chi connectivity index (χ3v) is 5.54. The van der Waals surface area contributed by atoms with Crippen LogP contribution in [-0.4, -0.2) is 45.8 Å². The molecule has 2 N–H and O–H groups in total. The lowest BCUT2D eigenvalue weighted by atomic mass is 10.3. The number of aromatic amines is 1. The second-order valence-corrected chi connectivity index (χ2v) is 7.94. The molecular weight excluding hydrogens is 456 g/mol. The molecule has 34 heavy (non-hydrogen) atoms. The van der Waals surface area contributed by atoms with E-state index in [9.17, 15) is 9.59 Å². The number of hydrogen-bond donors (Lipinski definition) is 2. The summed E-state index contributed by atoms with van der Waals surface area (Å²) in [4.78, 5) is 36.2. The van der Waals surface area contributed by atoms with Crippen molar-refractivity contribution >= 4 is 29.6 Å². The average Bonchev–Trinajstić information content (AvgIpc) is 3.29. The van der Waals surface area contributed by atoms with E-state index in [1.807, 2.05) is 30.3 Å². The number of aryl methyl sites for hydroxylation is 1. The maximum absolute atomic E-state index is 13.2. The predicted molar refractivity (Wildman–Crippen MR) is 126 cm³/mol. The molecule has 0 amide bonds. The van der Waals surface area contributed by atoms with Gasteiger partial charge in [-0.25, -0.2) is 15.4 Å². The van der Waals surface area contributed by atoms with Crippen molar-refractivity contribution in [3.63, 3.8) is 0 Å². The Morgan fingerprint density at radius 3 is 2.74 bits per heavy atom. The maximum atomic E-state index is 13.2. The Hall–Kier alpha value is -4.65. The van der Waals surface area contributed by atoms with Crippen LogP contribution >= 0.6 is 11.8 Å². The Bertz CT molecular complexity index is 1620. The Kier molecular flexibility index (Phi) is 5.66. The molecule has 0 atom stereocenters. The molecule has 1 aromatic carbocycles. The first-order valence-corrected chi connectivity index (χ1v) is 10.8. The average molecular weight is 472 g/mol. The quantitative estimate of drug-likeness (QED) is 0.214. The van der Waals surface area contributed by atoms with Crippen molar-refractivity contribution in [2.24, 2.45) is 5.10 Å². The highest BCUT2D eigenvalue weighted by Crippen LogP contribution is 2.27. The van der Waals surface area contributed by atoms with Crippen LogP contribution in [0.1, 0.15) is 11.3 Å². The molecule has 4 heterocycles. The lowest BCUT2D eigenvalue weighted by Crippen LogP contribution is -2.21. The van der Waals surface area contributed by atoms with Crippen LogP contribution in [-0.2, 0) is 0 Å². The lowest BCUT2D eigenvalue weighted by Gasteiger charge is -2.08. The van der Waals surface area contributed by atoms with Crippen LogP contribution in [0.4, 0.5) is 5.95 Å². The molecule has 5 rings (SSSR count). The highest BCUT2D eigenvalue weighted by atomic mass is 32.2. The number of rotatable bonds is 6. The van der Waals surface area contributed by atoms with E-state index in [4.69, 9.17) is 0 Å². The van der Waals surface area contributed by atoms with Crippen molar-refractivity contribution in [1.29, 1.82) is 0 Å². The fourth-order valence-electron chi connectivity index (χ4n) is 3.12. The van der Waals surface area contributed by atoms with Crippen LogP contribution in [0.2, 0.25) is 0 Å². The molecule has 168 valence electrons. The van der Waals surface area contributed by atoms with Crippen molar-refractivity contribution in [3.8, 4) is 5.69 Å². The lowest BCUT2D eigenvalue weighted by molar-refractivity contribution is 0.755. The Labute approximate surface area is 195 Å². The van der Waals surface area contributed by atoms with Crippen molar-refractivity contribution in [2.45, 2.75) is 17.1 Å². The molecule has 0 saturated carbocycles. The molecule has 12 nitrogen and oxygen atoms in total. The van der Waals surface area contributed by atoms with E-state index in [2.05, 4.69) is 41.0 Å². The SMILES string of the molecule is Cc1cc(=O)[nH]c(N/N=C/c2c(Sc3nnnn3-c3ccccc3)nc3ccccn3c2=O)n1. The third-order valence-electron chi connectivity index (χ3n) is 4.60. The van der Waals surface area contributed by atoms with Gasteiger partial charge in [0.2, 0.25) is 11.1 Å². The van der Waals surface area contributed by atoms with Gasteiger partial charge in [-0.2, -0.15) is 9.78 Å². The van der Waals surface area contributed by atoms with Crippen LogP contribution in [0.15, 0.2) is 85.7 Å². The molecule has 0 aliphatic carbocycles. The minimum absolute atomic E-state index is 0.150. The van der Waals surface area contributed by atoms with Crippen molar-refractivity contribution < 1.29 is 0 Å². The zero-order valence-corrected chi connectivity index (χ0v) is 18.5. The number of anilines is 1. The highest BCUT2D eigenvalue weighted by molar-refractivity contribution is 7.99. The Morgan fingerprint density at radius 1 is 1.09 bits per heavy atom. The Balaban J connectivity index is 1.55. The zero-order valence-electron chi connectivity index (χ0n) is 17.7. The molecule has 0 unspecified atom stereocenters. The zero-order chi connectivity index (χ0) is 23.5. The Morgan fingerprint density at radius 2 is 1.91 bits per heavy atom. The van der Waals surface area contributed by atoms with E-state index in [1.54, 1.807) is 36.0 Å². The first-order chi connectivity index (χ1) is 16.6. The van der Waals surface area contributed by atoms with E-state index >= 15 is 0 Å². The maximum Gasteiger partial charge on any atom is 0.267 e. The second-order valence-electron chi connectivity index (χ2n) is 6.98. The van der Waals surface area contributed by atoms with Gasteiger partial charge < -0.3 is 0 Å². The first-order valence-electron chi connectivity index (χ1n) is 9.98.